The van der Waals surface area contributed by atoms with Gasteiger partial charge in [0, 0.05) is 71.8 Å². The number of rotatable bonds is 35. The lowest BCUT2D eigenvalue weighted by Gasteiger charge is -2.31. The van der Waals surface area contributed by atoms with Crippen molar-refractivity contribution in [1.82, 2.24) is 0 Å². The van der Waals surface area contributed by atoms with Crippen molar-refractivity contribution in [2.24, 2.45) is 0 Å². The van der Waals surface area contributed by atoms with Gasteiger partial charge in [0.05, 0.1) is 98.5 Å². The second kappa shape index (κ2) is 28.6. The molecule has 2 aliphatic heterocycles. The molecule has 6 rings (SSSR count). The van der Waals surface area contributed by atoms with Crippen LogP contribution in [0.4, 0.5) is 11.4 Å². The van der Waals surface area contributed by atoms with E-state index in [2.05, 4.69) is 0 Å². The van der Waals surface area contributed by atoms with Crippen molar-refractivity contribution in [3.63, 3.8) is 0 Å². The lowest BCUT2D eigenvalue weighted by atomic mass is 9.75. The molecule has 0 aliphatic carbocycles. The number of hydrogen-bond donors (Lipinski definition) is 5. The number of methoxy groups -OCH3 is 1. The van der Waals surface area contributed by atoms with Crippen molar-refractivity contribution >= 4 is 95.2 Å². The Morgan fingerprint density at radius 2 is 1.13 bits per heavy atom. The smallest absolute Gasteiger partial charge is 0.303 e. The van der Waals surface area contributed by atoms with Crippen molar-refractivity contribution in [3.05, 3.63) is 95.7 Å². The van der Waals surface area contributed by atoms with Gasteiger partial charge in [-0.2, -0.15) is 38.2 Å². The summed E-state index contributed by atoms with van der Waals surface area (Å²) in [4.78, 5) is 9.74. The van der Waals surface area contributed by atoms with Crippen LogP contribution in [-0.4, -0.2) is 185 Å². The predicted molar refractivity (Wildman–Crippen MR) is 307 cm³/mol. The molecular formula is C54H70N2O23S5. The first kappa shape index (κ1) is 68.0. The average molecular weight is 1280 g/mol. The van der Waals surface area contributed by atoms with E-state index < -0.39 is 92.7 Å². The lowest BCUT2D eigenvalue weighted by molar-refractivity contribution is -0.438. The van der Waals surface area contributed by atoms with Gasteiger partial charge in [0.1, 0.15) is 21.6 Å². The Hall–Kier alpha value is -5.13. The molecule has 464 valence electrons. The highest BCUT2D eigenvalue weighted by Gasteiger charge is 2.47. The summed E-state index contributed by atoms with van der Waals surface area (Å²) in [5.74, 6) is -1.68. The van der Waals surface area contributed by atoms with E-state index in [-0.39, 0.29) is 85.9 Å². The molecule has 84 heavy (non-hydrogen) atoms. The minimum atomic E-state index is -5.29. The summed E-state index contributed by atoms with van der Waals surface area (Å²) in [6.45, 7) is 9.02. The quantitative estimate of drug-likeness (QED) is 0.0156. The third-order valence-corrected chi connectivity index (χ3v) is 18.5. The van der Waals surface area contributed by atoms with Crippen molar-refractivity contribution < 1.29 is 108 Å². The van der Waals surface area contributed by atoms with E-state index in [9.17, 15) is 74.8 Å². The van der Waals surface area contributed by atoms with Crippen LogP contribution in [0.25, 0.3) is 21.5 Å². The fraction of sp³-hybridized carbons (Fsp3) is 0.481. The summed E-state index contributed by atoms with van der Waals surface area (Å²) < 4.78 is 214. The fourth-order valence-electron chi connectivity index (χ4n) is 10.6. The maximum Gasteiger partial charge on any atom is 0.303 e. The van der Waals surface area contributed by atoms with Gasteiger partial charge in [0.15, 0.2) is 5.71 Å². The number of fused-ring (bicyclic) bond motifs is 6. The van der Waals surface area contributed by atoms with Crippen molar-refractivity contribution in [3.8, 4) is 0 Å². The van der Waals surface area contributed by atoms with E-state index in [0.29, 0.717) is 106 Å². The topological polar surface area (TPSA) is 374 Å². The van der Waals surface area contributed by atoms with Gasteiger partial charge in [-0.15, -0.1) is 0 Å². The number of hydrogen-bond acceptors (Lipinski definition) is 19. The van der Waals surface area contributed by atoms with Gasteiger partial charge in [-0.1, -0.05) is 24.3 Å². The van der Waals surface area contributed by atoms with Crippen LogP contribution in [0.15, 0.2) is 104 Å². The van der Waals surface area contributed by atoms with Gasteiger partial charge in [-0.25, -0.2) is 8.42 Å². The molecule has 4 aromatic carbocycles. The number of ether oxygens (including phenoxy) is 6. The number of carboxylic acids is 1. The van der Waals surface area contributed by atoms with Gasteiger partial charge >= 0.3 is 5.97 Å². The molecule has 1 unspecified atom stereocenters. The molecule has 0 aromatic heterocycles. The monoisotopic (exact) mass is 1270 g/mol. The van der Waals surface area contributed by atoms with E-state index in [1.54, 1.807) is 75.3 Å². The van der Waals surface area contributed by atoms with Gasteiger partial charge in [0.2, 0.25) is 5.69 Å². The Morgan fingerprint density at radius 3 is 1.65 bits per heavy atom. The van der Waals surface area contributed by atoms with Crippen molar-refractivity contribution in [2.45, 2.75) is 89.7 Å². The number of carboxylic acid groups (broad SMARTS) is 1. The molecule has 5 N–H and O–H groups in total. The van der Waals surface area contributed by atoms with E-state index in [0.717, 1.165) is 12.1 Å². The van der Waals surface area contributed by atoms with Gasteiger partial charge in [-0.05, 0) is 105 Å². The van der Waals surface area contributed by atoms with Crippen LogP contribution in [0.5, 0.6) is 0 Å². The molecule has 2 aliphatic rings. The molecule has 0 amide bonds. The molecule has 2 heterocycles. The third-order valence-electron chi connectivity index (χ3n) is 14.2. The summed E-state index contributed by atoms with van der Waals surface area (Å²) in [6, 6.07) is 9.21. The van der Waals surface area contributed by atoms with Crippen LogP contribution >= 0.6 is 0 Å². The summed E-state index contributed by atoms with van der Waals surface area (Å²) >= 11 is 0. The van der Waals surface area contributed by atoms with Crippen molar-refractivity contribution in [2.75, 3.05) is 104 Å². The molecule has 30 heteroatoms. The number of unbranched alkanes of at least 4 members (excludes halogenated alkanes) is 2. The van der Waals surface area contributed by atoms with Crippen LogP contribution in [0, 0.1) is 0 Å². The lowest BCUT2D eigenvalue weighted by Crippen LogP contribution is -2.31. The highest BCUT2D eigenvalue weighted by molar-refractivity contribution is 7.87. The average Bonchev–Trinajstić information content (AvgIpc) is 1.82. The zero-order valence-corrected chi connectivity index (χ0v) is 50.8. The number of benzene rings is 4. The maximum atomic E-state index is 12.9. The Morgan fingerprint density at radius 1 is 0.607 bits per heavy atom. The number of nitrogens with zero attached hydrogens (tertiary/aromatic N) is 2. The molecule has 0 fully saturated rings. The van der Waals surface area contributed by atoms with Gasteiger partial charge < -0.3 is 43.0 Å². The molecule has 4 aromatic rings. The Balaban J connectivity index is 1.37. The molecule has 0 saturated carbocycles. The van der Waals surface area contributed by atoms with Crippen LogP contribution in [-0.2, 0) is 94.6 Å². The summed E-state index contributed by atoms with van der Waals surface area (Å²) in [7, 11) is -23.5. The number of allylic oxidation sites excluding steroid dienone is 6. The molecule has 0 radical (unpaired) electrons. The molecule has 0 bridgehead atoms. The van der Waals surface area contributed by atoms with E-state index in [1.807, 2.05) is 4.58 Å². The van der Waals surface area contributed by atoms with Crippen LogP contribution < -0.4 is 4.90 Å². The minimum absolute atomic E-state index is 0.0318. The van der Waals surface area contributed by atoms with Gasteiger partial charge in [0.25, 0.3) is 40.5 Å². The zero-order chi connectivity index (χ0) is 61.9. The Kier molecular flexibility index (Phi) is 23.1. The number of aliphatic carboxylic acids is 1. The normalized spacial score (nSPS) is 17.2. The highest BCUT2D eigenvalue weighted by atomic mass is 32.2. The first-order chi connectivity index (χ1) is 39.3. The van der Waals surface area contributed by atoms with Crippen molar-refractivity contribution in [1.29, 1.82) is 0 Å². The van der Waals surface area contributed by atoms with Crippen LogP contribution in [0.2, 0.25) is 0 Å². The zero-order valence-electron chi connectivity index (χ0n) is 46.7. The SMILES string of the molecule is COCCOCCOCCOCCOCCOCCN1C(=CC=CC=CC2=[N+](CCCCCC(=O)O)c3ccc4c(S(=O)(=O)[O-])cc(S(=O)(=O)O)cc4c3C2(C)C)C(C)(CCCS(=O)(=O)O)c2c1ccc1c(S(=O)(=O)O)cc(S(=O)(=O)O)cc21. The van der Waals surface area contributed by atoms with E-state index in [1.165, 1.54) is 12.1 Å². The van der Waals surface area contributed by atoms with Crippen LogP contribution in [0.1, 0.15) is 70.4 Å². The molecular weight excluding hydrogens is 1200 g/mol. The molecule has 1 atom stereocenters. The van der Waals surface area contributed by atoms with Gasteiger partial charge in [-0.3, -0.25) is 23.0 Å². The Labute approximate surface area is 489 Å². The summed E-state index contributed by atoms with van der Waals surface area (Å²) in [5, 5.41) is 9.08. The first-order valence-electron chi connectivity index (χ1n) is 26.5. The Bertz CT molecular complexity index is 3780. The number of anilines is 1. The first-order valence-corrected chi connectivity index (χ1v) is 33.8. The second-order valence-electron chi connectivity index (χ2n) is 20.4. The van der Waals surface area contributed by atoms with E-state index >= 15 is 0 Å². The number of carbonyl (C=O) groups is 1. The molecule has 0 saturated heterocycles. The summed E-state index contributed by atoms with van der Waals surface area (Å²) in [6.07, 6.45) is 9.35. The van der Waals surface area contributed by atoms with Crippen LogP contribution in [0.3, 0.4) is 0 Å². The summed E-state index contributed by atoms with van der Waals surface area (Å²) in [5.41, 5.74) is 0.215. The van der Waals surface area contributed by atoms with E-state index in [4.69, 9.17) is 28.4 Å². The largest absolute Gasteiger partial charge is 0.744 e. The minimum Gasteiger partial charge on any atom is -0.744 e. The standard InChI is InChI=1S/C54H70N2O23S5/c1-53(2)48(55(20-10-6-9-14-50(57)58)44-17-15-40-42(51(44)53)34-38(81(62,63)64)36-46(40)83(68,69)70)12-7-5-8-13-49-54(3,19-11-33-80(59,60)61)52-43-35-39(82(65,66)67)37-47(84(71,72)73)41(43)16-18-45(52)56(49)21-22-75-25-26-77-29-30-79-32-31-78-28-27-76-24-23-74-4/h5,7-8,12-13,15-18,34-37H,6,9-11,14,19-33H2,1-4H3,(H5-,57,58,59,60,61,62,63,64,65,66,67,68,69,70,71,72,73). The fourth-order valence-corrected chi connectivity index (χ4v) is 13.7. The second-order valence-corrected chi connectivity index (χ2v) is 27.6. The highest BCUT2D eigenvalue weighted by Crippen LogP contribution is 2.54. The predicted octanol–water partition coefficient (Wildman–Crippen LogP) is 5.83. The third kappa shape index (κ3) is 17.3. The molecule has 0 spiro atoms. The molecule has 25 nitrogen and oxygen atoms in total. The maximum absolute atomic E-state index is 12.9.